The molecule has 0 spiro atoms. The smallest absolute Gasteiger partial charge is 0.272 e. The van der Waals surface area contributed by atoms with Gasteiger partial charge in [-0.05, 0) is 25.0 Å². The van der Waals surface area contributed by atoms with E-state index in [1.165, 1.54) is 5.56 Å². The van der Waals surface area contributed by atoms with Crippen LogP contribution < -0.4 is 5.32 Å². The SMILES string of the molecule is CCC(C)Nc1nccc(C(=O)N2CCN(C/C=C/c3ccccc3)CC2)n1. The van der Waals surface area contributed by atoms with Crippen LogP contribution in [0.1, 0.15) is 36.3 Å². The van der Waals surface area contributed by atoms with Crippen molar-refractivity contribution in [2.45, 2.75) is 26.3 Å². The molecule has 0 bridgehead atoms. The monoisotopic (exact) mass is 379 g/mol. The molecular weight excluding hydrogens is 350 g/mol. The second-order valence-electron chi connectivity index (χ2n) is 7.12. The lowest BCUT2D eigenvalue weighted by Gasteiger charge is -2.34. The summed E-state index contributed by atoms with van der Waals surface area (Å²) in [6.45, 7) is 8.24. The van der Waals surface area contributed by atoms with Gasteiger partial charge in [-0.1, -0.05) is 49.4 Å². The van der Waals surface area contributed by atoms with E-state index in [1.807, 2.05) is 23.1 Å². The first-order valence-electron chi connectivity index (χ1n) is 9.98. The molecule has 6 heteroatoms. The quantitative estimate of drug-likeness (QED) is 0.801. The van der Waals surface area contributed by atoms with Crippen molar-refractivity contribution in [3.05, 3.63) is 59.9 Å². The van der Waals surface area contributed by atoms with Crippen LogP contribution in [0, 0.1) is 0 Å². The highest BCUT2D eigenvalue weighted by Crippen LogP contribution is 2.10. The number of nitrogens with zero attached hydrogens (tertiary/aromatic N) is 4. The number of carbonyl (C=O) groups excluding carboxylic acids is 1. The lowest BCUT2D eigenvalue weighted by molar-refractivity contribution is 0.0644. The van der Waals surface area contributed by atoms with Crippen molar-refractivity contribution in [3.63, 3.8) is 0 Å². The Balaban J connectivity index is 1.50. The van der Waals surface area contributed by atoms with Crippen LogP contribution in [-0.2, 0) is 0 Å². The van der Waals surface area contributed by atoms with E-state index in [9.17, 15) is 4.79 Å². The van der Waals surface area contributed by atoms with E-state index < -0.39 is 0 Å². The summed E-state index contributed by atoms with van der Waals surface area (Å²) < 4.78 is 0. The summed E-state index contributed by atoms with van der Waals surface area (Å²) in [4.78, 5) is 25.6. The topological polar surface area (TPSA) is 61.4 Å². The third-order valence-electron chi connectivity index (χ3n) is 5.00. The molecule has 1 aliphatic heterocycles. The maximum Gasteiger partial charge on any atom is 0.272 e. The third kappa shape index (κ3) is 5.63. The Morgan fingerprint density at radius 2 is 1.93 bits per heavy atom. The van der Waals surface area contributed by atoms with Crippen LogP contribution in [-0.4, -0.2) is 64.4 Å². The van der Waals surface area contributed by atoms with Gasteiger partial charge in [0.2, 0.25) is 5.95 Å². The molecule has 0 aliphatic carbocycles. The molecule has 1 aromatic heterocycles. The number of piperazine rings is 1. The van der Waals surface area contributed by atoms with Crippen molar-refractivity contribution < 1.29 is 4.79 Å². The Hall–Kier alpha value is -2.73. The number of nitrogens with one attached hydrogen (secondary N) is 1. The fourth-order valence-electron chi connectivity index (χ4n) is 3.07. The van der Waals surface area contributed by atoms with Gasteiger partial charge >= 0.3 is 0 Å². The van der Waals surface area contributed by atoms with Crippen LogP contribution in [0.5, 0.6) is 0 Å². The second-order valence-corrected chi connectivity index (χ2v) is 7.12. The molecule has 28 heavy (non-hydrogen) atoms. The Morgan fingerprint density at radius 3 is 2.64 bits per heavy atom. The van der Waals surface area contributed by atoms with Gasteiger partial charge in [-0.15, -0.1) is 0 Å². The Morgan fingerprint density at radius 1 is 1.18 bits per heavy atom. The fourth-order valence-corrected chi connectivity index (χ4v) is 3.07. The van der Waals surface area contributed by atoms with Crippen LogP contribution in [0.4, 0.5) is 5.95 Å². The molecule has 1 N–H and O–H groups in total. The number of hydrogen-bond donors (Lipinski definition) is 1. The molecule has 1 unspecified atom stereocenters. The maximum absolute atomic E-state index is 12.8. The molecule has 3 rings (SSSR count). The first-order chi connectivity index (χ1) is 13.7. The maximum atomic E-state index is 12.8. The number of anilines is 1. The van der Waals surface area contributed by atoms with Crippen molar-refractivity contribution in [3.8, 4) is 0 Å². The molecule has 1 saturated heterocycles. The second kappa shape index (κ2) is 9.99. The first kappa shape index (κ1) is 20.0. The average Bonchev–Trinajstić information content (AvgIpc) is 2.74. The van der Waals surface area contributed by atoms with Gasteiger partial charge in [0.25, 0.3) is 5.91 Å². The highest BCUT2D eigenvalue weighted by molar-refractivity contribution is 5.92. The molecule has 2 aromatic rings. The molecular formula is C22H29N5O. The van der Waals surface area contributed by atoms with E-state index >= 15 is 0 Å². The van der Waals surface area contributed by atoms with Crippen molar-refractivity contribution in [2.24, 2.45) is 0 Å². The van der Waals surface area contributed by atoms with Gasteiger partial charge < -0.3 is 10.2 Å². The van der Waals surface area contributed by atoms with E-state index in [1.54, 1.807) is 12.3 Å². The van der Waals surface area contributed by atoms with Crippen LogP contribution in [0.25, 0.3) is 6.08 Å². The van der Waals surface area contributed by atoms with E-state index in [2.05, 4.69) is 58.3 Å². The van der Waals surface area contributed by atoms with E-state index in [0.29, 0.717) is 11.6 Å². The number of hydrogen-bond acceptors (Lipinski definition) is 5. The molecule has 1 aromatic carbocycles. The number of amides is 1. The summed E-state index contributed by atoms with van der Waals surface area (Å²) in [5.41, 5.74) is 1.67. The lowest BCUT2D eigenvalue weighted by Crippen LogP contribution is -2.48. The van der Waals surface area contributed by atoms with Gasteiger partial charge in [0.05, 0.1) is 0 Å². The van der Waals surface area contributed by atoms with Crippen LogP contribution >= 0.6 is 0 Å². The zero-order chi connectivity index (χ0) is 19.8. The zero-order valence-electron chi connectivity index (χ0n) is 16.7. The van der Waals surface area contributed by atoms with Crippen LogP contribution in [0.3, 0.4) is 0 Å². The van der Waals surface area contributed by atoms with Crippen molar-refractivity contribution in [2.75, 3.05) is 38.0 Å². The van der Waals surface area contributed by atoms with Gasteiger partial charge in [0, 0.05) is 45.0 Å². The molecule has 0 radical (unpaired) electrons. The minimum Gasteiger partial charge on any atom is -0.352 e. The summed E-state index contributed by atoms with van der Waals surface area (Å²) in [7, 11) is 0. The minimum atomic E-state index is -0.0194. The number of carbonyl (C=O) groups is 1. The fraction of sp³-hybridized carbons (Fsp3) is 0.409. The molecule has 6 nitrogen and oxygen atoms in total. The summed E-state index contributed by atoms with van der Waals surface area (Å²) in [5.74, 6) is 0.499. The van der Waals surface area contributed by atoms with Crippen LogP contribution in [0.2, 0.25) is 0 Å². The summed E-state index contributed by atoms with van der Waals surface area (Å²) in [6, 6.07) is 12.3. The predicted octanol–water partition coefficient (Wildman–Crippen LogP) is 3.16. The van der Waals surface area contributed by atoms with E-state index in [-0.39, 0.29) is 11.9 Å². The summed E-state index contributed by atoms with van der Waals surface area (Å²) in [6.07, 6.45) is 6.95. The van der Waals surface area contributed by atoms with E-state index in [0.717, 1.165) is 39.1 Å². The number of aromatic nitrogens is 2. The lowest BCUT2D eigenvalue weighted by atomic mass is 10.2. The molecule has 0 saturated carbocycles. The highest BCUT2D eigenvalue weighted by Gasteiger charge is 2.22. The summed E-state index contributed by atoms with van der Waals surface area (Å²) in [5, 5.41) is 3.22. The normalized spacial score (nSPS) is 16.3. The number of benzene rings is 1. The Kier molecular flexibility index (Phi) is 7.14. The minimum absolute atomic E-state index is 0.0194. The van der Waals surface area contributed by atoms with Crippen molar-refractivity contribution in [1.82, 2.24) is 19.8 Å². The molecule has 148 valence electrons. The standard InChI is InChI=1S/C22H29N5O/c1-3-18(2)24-22-23-12-11-20(25-22)21(28)27-16-14-26(15-17-27)13-7-10-19-8-5-4-6-9-19/h4-12,18H,3,13-17H2,1-2H3,(H,23,24,25)/b10-7+. The van der Waals surface area contributed by atoms with Gasteiger partial charge in [0.15, 0.2) is 0 Å². The summed E-state index contributed by atoms with van der Waals surface area (Å²) >= 11 is 0. The van der Waals surface area contributed by atoms with Gasteiger partial charge in [-0.3, -0.25) is 9.69 Å². The molecule has 1 amide bonds. The van der Waals surface area contributed by atoms with Gasteiger partial charge in [-0.2, -0.15) is 0 Å². The van der Waals surface area contributed by atoms with Gasteiger partial charge in [-0.25, -0.2) is 9.97 Å². The Bertz CT molecular complexity index is 785. The zero-order valence-corrected chi connectivity index (χ0v) is 16.7. The molecule has 1 atom stereocenters. The van der Waals surface area contributed by atoms with Crippen molar-refractivity contribution >= 4 is 17.9 Å². The average molecular weight is 380 g/mol. The molecule has 1 aliphatic rings. The van der Waals surface area contributed by atoms with Crippen LogP contribution in [0.15, 0.2) is 48.7 Å². The van der Waals surface area contributed by atoms with E-state index in [4.69, 9.17) is 0 Å². The third-order valence-corrected chi connectivity index (χ3v) is 5.00. The number of rotatable bonds is 7. The molecule has 2 heterocycles. The Labute approximate surface area is 167 Å². The van der Waals surface area contributed by atoms with Gasteiger partial charge in [0.1, 0.15) is 5.69 Å². The first-order valence-corrected chi connectivity index (χ1v) is 9.98. The predicted molar refractivity (Wildman–Crippen MR) is 113 cm³/mol. The largest absolute Gasteiger partial charge is 0.352 e. The highest BCUT2D eigenvalue weighted by atomic mass is 16.2. The molecule has 1 fully saturated rings. The van der Waals surface area contributed by atoms with Crippen molar-refractivity contribution in [1.29, 1.82) is 0 Å².